The van der Waals surface area contributed by atoms with Crippen molar-refractivity contribution in [1.82, 2.24) is 4.31 Å². The Kier molecular flexibility index (Phi) is 4.91. The van der Waals surface area contributed by atoms with Crippen LogP contribution < -0.4 is 0 Å². The SMILES string of the molecule is CCCC1CCN(S(=O)(=O)c2ccc(Cl)c(C(=O)O)c2)C1. The molecule has 7 heteroatoms. The molecule has 1 saturated heterocycles. The van der Waals surface area contributed by atoms with E-state index < -0.39 is 16.0 Å². The molecule has 2 rings (SSSR count). The van der Waals surface area contributed by atoms with Gasteiger partial charge in [-0.25, -0.2) is 13.2 Å². The third-order valence-corrected chi connectivity index (χ3v) is 5.94. The van der Waals surface area contributed by atoms with Crippen molar-refractivity contribution in [3.05, 3.63) is 28.8 Å². The fourth-order valence-electron chi connectivity index (χ4n) is 2.64. The summed E-state index contributed by atoms with van der Waals surface area (Å²) in [5, 5.41) is 9.07. The average Bonchev–Trinajstić information content (AvgIpc) is 2.88. The second-order valence-electron chi connectivity index (χ2n) is 5.25. The average molecular weight is 332 g/mol. The largest absolute Gasteiger partial charge is 0.478 e. The lowest BCUT2D eigenvalue weighted by Crippen LogP contribution is -2.29. The highest BCUT2D eigenvalue weighted by Gasteiger charge is 2.32. The zero-order valence-corrected chi connectivity index (χ0v) is 13.3. The van der Waals surface area contributed by atoms with Crippen molar-refractivity contribution >= 4 is 27.6 Å². The summed E-state index contributed by atoms with van der Waals surface area (Å²) in [7, 11) is -3.65. The summed E-state index contributed by atoms with van der Waals surface area (Å²) >= 11 is 5.78. The van der Waals surface area contributed by atoms with Gasteiger partial charge in [-0.15, -0.1) is 0 Å². The zero-order valence-electron chi connectivity index (χ0n) is 11.8. The summed E-state index contributed by atoms with van der Waals surface area (Å²) in [5.41, 5.74) is -0.193. The Morgan fingerprint density at radius 3 is 2.81 bits per heavy atom. The van der Waals surface area contributed by atoms with Gasteiger partial charge in [0, 0.05) is 13.1 Å². The van der Waals surface area contributed by atoms with Gasteiger partial charge in [-0.05, 0) is 37.0 Å². The van der Waals surface area contributed by atoms with Crippen molar-refractivity contribution in [3.63, 3.8) is 0 Å². The highest BCUT2D eigenvalue weighted by Crippen LogP contribution is 2.28. The number of nitrogens with zero attached hydrogens (tertiary/aromatic N) is 1. The summed E-state index contributed by atoms with van der Waals surface area (Å²) in [5.74, 6) is -0.849. The first-order valence-corrected chi connectivity index (χ1v) is 8.71. The van der Waals surface area contributed by atoms with Gasteiger partial charge in [-0.3, -0.25) is 0 Å². The summed E-state index contributed by atoms with van der Waals surface area (Å²) in [6.07, 6.45) is 2.89. The quantitative estimate of drug-likeness (QED) is 0.900. The smallest absolute Gasteiger partial charge is 0.337 e. The van der Waals surface area contributed by atoms with Crippen molar-refractivity contribution in [2.75, 3.05) is 13.1 Å². The Morgan fingerprint density at radius 1 is 1.48 bits per heavy atom. The molecular formula is C14H18ClNO4S. The normalized spacial score (nSPS) is 19.8. The number of benzene rings is 1. The van der Waals surface area contributed by atoms with Crippen LogP contribution in [0.4, 0.5) is 0 Å². The molecule has 0 spiro atoms. The topological polar surface area (TPSA) is 74.7 Å². The van der Waals surface area contributed by atoms with Crippen LogP contribution in [0.1, 0.15) is 36.5 Å². The molecule has 1 fully saturated rings. The maximum Gasteiger partial charge on any atom is 0.337 e. The van der Waals surface area contributed by atoms with Gasteiger partial charge < -0.3 is 5.11 Å². The molecule has 21 heavy (non-hydrogen) atoms. The van der Waals surface area contributed by atoms with E-state index in [9.17, 15) is 13.2 Å². The number of hydrogen-bond donors (Lipinski definition) is 1. The molecule has 0 saturated carbocycles. The van der Waals surface area contributed by atoms with Gasteiger partial charge in [0.25, 0.3) is 0 Å². The third kappa shape index (κ3) is 3.39. The van der Waals surface area contributed by atoms with Crippen LogP contribution in [0.25, 0.3) is 0 Å². The molecule has 116 valence electrons. The Morgan fingerprint density at radius 2 is 2.19 bits per heavy atom. The Bertz CT molecular complexity index is 644. The minimum Gasteiger partial charge on any atom is -0.478 e. The Hall–Kier alpha value is -1.11. The van der Waals surface area contributed by atoms with E-state index >= 15 is 0 Å². The fraction of sp³-hybridized carbons (Fsp3) is 0.500. The predicted molar refractivity (Wildman–Crippen MR) is 80.2 cm³/mol. The highest BCUT2D eigenvalue weighted by atomic mass is 35.5. The first kappa shape index (κ1) is 16.3. The number of aromatic carboxylic acids is 1. The molecule has 1 heterocycles. The van der Waals surface area contributed by atoms with E-state index in [1.807, 2.05) is 0 Å². The summed E-state index contributed by atoms with van der Waals surface area (Å²) in [4.78, 5) is 11.1. The molecule has 0 aliphatic carbocycles. The molecule has 1 atom stereocenters. The lowest BCUT2D eigenvalue weighted by molar-refractivity contribution is 0.0697. The molecule has 0 aromatic heterocycles. The molecule has 0 radical (unpaired) electrons. The molecule has 1 aromatic carbocycles. The standard InChI is InChI=1S/C14H18ClNO4S/c1-2-3-10-6-7-16(9-10)21(19,20)11-4-5-13(15)12(8-11)14(17)18/h4-5,8,10H,2-3,6-7,9H2,1H3,(H,17,18). The minimum atomic E-state index is -3.65. The number of halogens is 1. The van der Waals surface area contributed by atoms with Crippen LogP contribution in [0.15, 0.2) is 23.1 Å². The van der Waals surface area contributed by atoms with E-state index in [0.717, 1.165) is 25.3 Å². The van der Waals surface area contributed by atoms with E-state index in [1.165, 1.54) is 16.4 Å². The Labute approximate surface area is 129 Å². The maximum atomic E-state index is 12.6. The summed E-state index contributed by atoms with van der Waals surface area (Å²) < 4.78 is 26.6. The van der Waals surface area contributed by atoms with Gasteiger partial charge in [0.15, 0.2) is 0 Å². The van der Waals surface area contributed by atoms with E-state index in [2.05, 4.69) is 6.92 Å². The van der Waals surface area contributed by atoms with Crippen molar-refractivity contribution < 1.29 is 18.3 Å². The maximum absolute atomic E-state index is 12.6. The van der Waals surface area contributed by atoms with Crippen LogP contribution in [-0.2, 0) is 10.0 Å². The van der Waals surface area contributed by atoms with E-state index in [1.54, 1.807) is 0 Å². The zero-order chi connectivity index (χ0) is 15.6. The monoisotopic (exact) mass is 331 g/mol. The van der Waals surface area contributed by atoms with Crippen LogP contribution in [0, 0.1) is 5.92 Å². The Balaban J connectivity index is 2.28. The molecule has 1 N–H and O–H groups in total. The van der Waals surface area contributed by atoms with Crippen molar-refractivity contribution in [2.45, 2.75) is 31.1 Å². The first-order chi connectivity index (χ1) is 9.86. The number of carboxylic acids is 1. The summed E-state index contributed by atoms with van der Waals surface area (Å²) in [6, 6.07) is 3.81. The molecule has 0 bridgehead atoms. The molecular weight excluding hydrogens is 314 g/mol. The van der Waals surface area contributed by atoms with Gasteiger partial charge >= 0.3 is 5.97 Å². The van der Waals surface area contributed by atoms with Crippen LogP contribution in [0.3, 0.4) is 0 Å². The number of sulfonamides is 1. The van der Waals surface area contributed by atoms with Gasteiger partial charge in [0.05, 0.1) is 15.5 Å². The number of rotatable bonds is 5. The number of carboxylic acid groups (broad SMARTS) is 1. The van der Waals surface area contributed by atoms with E-state index in [-0.39, 0.29) is 15.5 Å². The second-order valence-corrected chi connectivity index (χ2v) is 7.60. The lowest BCUT2D eigenvalue weighted by atomic mass is 10.0. The molecule has 1 unspecified atom stereocenters. The van der Waals surface area contributed by atoms with Gasteiger partial charge in [-0.2, -0.15) is 4.31 Å². The van der Waals surface area contributed by atoms with Gasteiger partial charge in [0.2, 0.25) is 10.0 Å². The third-order valence-electron chi connectivity index (χ3n) is 3.75. The molecule has 1 aromatic rings. The first-order valence-electron chi connectivity index (χ1n) is 6.89. The van der Waals surface area contributed by atoms with Crippen LogP contribution in [0.5, 0.6) is 0 Å². The molecule has 5 nitrogen and oxygen atoms in total. The van der Waals surface area contributed by atoms with Crippen LogP contribution >= 0.6 is 11.6 Å². The molecule has 1 aliphatic rings. The van der Waals surface area contributed by atoms with E-state index in [0.29, 0.717) is 19.0 Å². The number of carbonyl (C=O) groups is 1. The number of hydrogen-bond acceptors (Lipinski definition) is 3. The summed E-state index contributed by atoms with van der Waals surface area (Å²) in [6.45, 7) is 3.06. The van der Waals surface area contributed by atoms with Crippen molar-refractivity contribution in [2.24, 2.45) is 5.92 Å². The fourth-order valence-corrected chi connectivity index (χ4v) is 4.39. The minimum absolute atomic E-state index is 0.0125. The predicted octanol–water partition coefficient (Wildman–Crippen LogP) is 2.85. The lowest BCUT2D eigenvalue weighted by Gasteiger charge is -2.17. The van der Waals surface area contributed by atoms with Gasteiger partial charge in [0.1, 0.15) is 0 Å². The van der Waals surface area contributed by atoms with Crippen LogP contribution in [0.2, 0.25) is 5.02 Å². The van der Waals surface area contributed by atoms with Crippen molar-refractivity contribution in [1.29, 1.82) is 0 Å². The van der Waals surface area contributed by atoms with Crippen LogP contribution in [-0.4, -0.2) is 36.9 Å². The van der Waals surface area contributed by atoms with Crippen molar-refractivity contribution in [3.8, 4) is 0 Å². The molecule has 1 aliphatic heterocycles. The van der Waals surface area contributed by atoms with E-state index in [4.69, 9.17) is 16.7 Å². The highest BCUT2D eigenvalue weighted by molar-refractivity contribution is 7.89. The molecule has 0 amide bonds. The second kappa shape index (κ2) is 6.34. The van der Waals surface area contributed by atoms with Gasteiger partial charge in [-0.1, -0.05) is 24.9 Å².